The monoisotopic (exact) mass is 318 g/mol. The number of nitrogens with zero attached hydrogens (tertiary/aromatic N) is 2. The maximum absolute atomic E-state index is 12.7. The summed E-state index contributed by atoms with van der Waals surface area (Å²) in [6.07, 6.45) is 7.11. The Morgan fingerprint density at radius 2 is 1.52 bits per heavy atom. The predicted octanol–water partition coefficient (Wildman–Crippen LogP) is 1.84. The molecule has 2 rings (SSSR count). The fraction of sp³-hybridized carbons (Fsp3) is 1.00. The third-order valence-corrected chi connectivity index (χ3v) is 7.02. The zero-order valence-corrected chi connectivity index (χ0v) is 14.0. The molecule has 1 atom stereocenters. The van der Waals surface area contributed by atoms with Crippen LogP contribution in [0.25, 0.3) is 0 Å². The maximum Gasteiger partial charge on any atom is 0.281 e. The van der Waals surface area contributed by atoms with Crippen molar-refractivity contribution < 1.29 is 13.5 Å². The SMILES string of the molecule is CCCC1CCCN(S(=O)(=O)N2CCC(CO)CC2)CC1. The van der Waals surface area contributed by atoms with Crippen molar-refractivity contribution in [1.29, 1.82) is 0 Å². The topological polar surface area (TPSA) is 60.9 Å². The van der Waals surface area contributed by atoms with Crippen molar-refractivity contribution in [2.45, 2.75) is 51.9 Å². The van der Waals surface area contributed by atoms with E-state index in [2.05, 4.69) is 6.92 Å². The molecule has 2 fully saturated rings. The number of piperidine rings is 1. The summed E-state index contributed by atoms with van der Waals surface area (Å²) in [6.45, 7) is 4.83. The highest BCUT2D eigenvalue weighted by molar-refractivity contribution is 7.86. The fourth-order valence-corrected chi connectivity index (χ4v) is 5.25. The summed E-state index contributed by atoms with van der Waals surface area (Å²) >= 11 is 0. The summed E-state index contributed by atoms with van der Waals surface area (Å²) in [5.41, 5.74) is 0. The van der Waals surface area contributed by atoms with Gasteiger partial charge in [0.1, 0.15) is 0 Å². The van der Waals surface area contributed by atoms with Gasteiger partial charge < -0.3 is 5.11 Å². The van der Waals surface area contributed by atoms with Gasteiger partial charge in [-0.2, -0.15) is 17.0 Å². The van der Waals surface area contributed by atoms with Gasteiger partial charge in [0.25, 0.3) is 10.2 Å². The zero-order chi connectivity index (χ0) is 15.3. The smallest absolute Gasteiger partial charge is 0.281 e. The van der Waals surface area contributed by atoms with E-state index in [1.54, 1.807) is 8.61 Å². The van der Waals surface area contributed by atoms with Crippen molar-refractivity contribution in [3.8, 4) is 0 Å². The first-order valence-electron chi connectivity index (χ1n) is 8.44. The summed E-state index contributed by atoms with van der Waals surface area (Å²) in [6, 6.07) is 0. The Bertz CT molecular complexity index is 405. The van der Waals surface area contributed by atoms with Crippen LogP contribution in [0.4, 0.5) is 0 Å². The lowest BCUT2D eigenvalue weighted by atomic mass is 9.96. The minimum atomic E-state index is -3.29. The standard InChI is InChI=1S/C15H30N2O3S/c1-2-4-14-5-3-9-16(10-6-14)21(19,20)17-11-7-15(13-18)8-12-17/h14-15,18H,2-13H2,1H3. The van der Waals surface area contributed by atoms with Gasteiger partial charge in [0.15, 0.2) is 0 Å². The van der Waals surface area contributed by atoms with E-state index in [1.165, 1.54) is 12.8 Å². The average Bonchev–Trinajstić information content (AvgIpc) is 2.74. The van der Waals surface area contributed by atoms with Crippen LogP contribution in [-0.4, -0.2) is 54.9 Å². The Morgan fingerprint density at radius 1 is 0.952 bits per heavy atom. The van der Waals surface area contributed by atoms with Crippen LogP contribution < -0.4 is 0 Å². The molecule has 2 saturated heterocycles. The first-order chi connectivity index (χ1) is 10.1. The van der Waals surface area contributed by atoms with Crippen molar-refractivity contribution in [3.05, 3.63) is 0 Å². The second kappa shape index (κ2) is 7.90. The minimum Gasteiger partial charge on any atom is -0.396 e. The highest BCUT2D eigenvalue weighted by atomic mass is 32.2. The fourth-order valence-electron chi connectivity index (χ4n) is 3.55. The molecule has 0 aromatic rings. The third-order valence-electron chi connectivity index (χ3n) is 4.99. The van der Waals surface area contributed by atoms with E-state index in [0.717, 1.165) is 32.1 Å². The van der Waals surface area contributed by atoms with Gasteiger partial charge in [-0.1, -0.05) is 19.8 Å². The summed E-state index contributed by atoms with van der Waals surface area (Å²) in [7, 11) is -3.29. The lowest BCUT2D eigenvalue weighted by molar-refractivity contribution is 0.166. The third kappa shape index (κ3) is 4.41. The largest absolute Gasteiger partial charge is 0.396 e. The van der Waals surface area contributed by atoms with E-state index < -0.39 is 10.2 Å². The number of hydrogen-bond donors (Lipinski definition) is 1. The molecule has 0 aromatic carbocycles. The van der Waals surface area contributed by atoms with Crippen molar-refractivity contribution in [2.75, 3.05) is 32.8 Å². The van der Waals surface area contributed by atoms with Crippen LogP contribution in [0.5, 0.6) is 0 Å². The molecule has 21 heavy (non-hydrogen) atoms. The molecule has 0 aromatic heterocycles. The quantitative estimate of drug-likeness (QED) is 0.841. The number of hydrogen-bond acceptors (Lipinski definition) is 3. The van der Waals surface area contributed by atoms with Crippen LogP contribution in [0.15, 0.2) is 0 Å². The Kier molecular flexibility index (Phi) is 6.47. The number of rotatable bonds is 5. The molecule has 0 amide bonds. The molecule has 0 radical (unpaired) electrons. The van der Waals surface area contributed by atoms with Crippen LogP contribution in [0.1, 0.15) is 51.9 Å². The Hall–Kier alpha value is -0.170. The Morgan fingerprint density at radius 3 is 2.10 bits per heavy atom. The average molecular weight is 318 g/mol. The van der Waals surface area contributed by atoms with Crippen LogP contribution in [0.2, 0.25) is 0 Å². The van der Waals surface area contributed by atoms with Gasteiger partial charge in [-0.3, -0.25) is 0 Å². The molecule has 2 aliphatic rings. The van der Waals surface area contributed by atoms with Gasteiger partial charge in [0.05, 0.1) is 0 Å². The summed E-state index contributed by atoms with van der Waals surface area (Å²) in [5, 5.41) is 9.17. The molecule has 1 unspecified atom stereocenters. The Balaban J connectivity index is 1.93. The first kappa shape index (κ1) is 17.2. The van der Waals surface area contributed by atoms with Gasteiger partial charge in [-0.15, -0.1) is 0 Å². The molecule has 0 spiro atoms. The van der Waals surface area contributed by atoms with Crippen molar-refractivity contribution >= 4 is 10.2 Å². The maximum atomic E-state index is 12.7. The normalized spacial score (nSPS) is 27.6. The highest BCUT2D eigenvalue weighted by Gasteiger charge is 2.33. The van der Waals surface area contributed by atoms with Gasteiger partial charge in [0.2, 0.25) is 0 Å². The van der Waals surface area contributed by atoms with Crippen molar-refractivity contribution in [2.24, 2.45) is 11.8 Å². The van der Waals surface area contributed by atoms with E-state index in [0.29, 0.717) is 32.1 Å². The second-order valence-corrected chi connectivity index (χ2v) is 8.45. The van der Waals surface area contributed by atoms with Crippen LogP contribution in [0.3, 0.4) is 0 Å². The van der Waals surface area contributed by atoms with Gasteiger partial charge in [0, 0.05) is 32.8 Å². The van der Waals surface area contributed by atoms with E-state index in [1.807, 2.05) is 0 Å². The van der Waals surface area contributed by atoms with Crippen molar-refractivity contribution in [3.63, 3.8) is 0 Å². The molecular formula is C15H30N2O3S. The van der Waals surface area contributed by atoms with Gasteiger partial charge in [-0.05, 0) is 43.9 Å². The molecular weight excluding hydrogens is 288 g/mol. The lowest BCUT2D eigenvalue weighted by Gasteiger charge is -2.34. The number of aliphatic hydroxyl groups is 1. The van der Waals surface area contributed by atoms with E-state index in [4.69, 9.17) is 5.11 Å². The van der Waals surface area contributed by atoms with Crippen LogP contribution in [-0.2, 0) is 10.2 Å². The Labute approximate surface area is 129 Å². The highest BCUT2D eigenvalue weighted by Crippen LogP contribution is 2.26. The van der Waals surface area contributed by atoms with Crippen LogP contribution in [0, 0.1) is 11.8 Å². The van der Waals surface area contributed by atoms with E-state index >= 15 is 0 Å². The molecule has 6 heteroatoms. The molecule has 0 saturated carbocycles. The molecule has 1 N–H and O–H groups in total. The second-order valence-electron chi connectivity index (χ2n) is 6.52. The first-order valence-corrected chi connectivity index (χ1v) is 9.83. The molecule has 2 aliphatic heterocycles. The minimum absolute atomic E-state index is 0.177. The van der Waals surface area contributed by atoms with Crippen LogP contribution >= 0.6 is 0 Å². The van der Waals surface area contributed by atoms with E-state index in [9.17, 15) is 8.42 Å². The van der Waals surface area contributed by atoms with E-state index in [-0.39, 0.29) is 12.5 Å². The summed E-state index contributed by atoms with van der Waals surface area (Å²) in [5.74, 6) is 0.963. The number of aliphatic hydroxyl groups excluding tert-OH is 1. The van der Waals surface area contributed by atoms with Gasteiger partial charge >= 0.3 is 0 Å². The molecule has 0 aliphatic carbocycles. The van der Waals surface area contributed by atoms with Crippen molar-refractivity contribution in [1.82, 2.24) is 8.61 Å². The lowest BCUT2D eigenvalue weighted by Crippen LogP contribution is -2.47. The summed E-state index contributed by atoms with van der Waals surface area (Å²) < 4.78 is 28.8. The molecule has 2 heterocycles. The molecule has 0 bridgehead atoms. The molecule has 5 nitrogen and oxygen atoms in total. The predicted molar refractivity (Wildman–Crippen MR) is 84.1 cm³/mol. The zero-order valence-electron chi connectivity index (χ0n) is 13.2. The molecule has 124 valence electrons. The summed E-state index contributed by atoms with van der Waals surface area (Å²) in [4.78, 5) is 0. The van der Waals surface area contributed by atoms with Gasteiger partial charge in [-0.25, -0.2) is 0 Å².